The summed E-state index contributed by atoms with van der Waals surface area (Å²) in [4.78, 5) is 12.5. The summed E-state index contributed by atoms with van der Waals surface area (Å²) in [5.74, 6) is 1.12. The Balaban J connectivity index is 1.63. The van der Waals surface area contributed by atoms with E-state index in [4.69, 9.17) is 0 Å². The van der Waals surface area contributed by atoms with Gasteiger partial charge in [-0.3, -0.25) is 4.79 Å². The highest BCUT2D eigenvalue weighted by Crippen LogP contribution is 2.25. The molecule has 1 atom stereocenters. The van der Waals surface area contributed by atoms with Crippen molar-refractivity contribution in [3.63, 3.8) is 0 Å². The Labute approximate surface area is 170 Å². The fourth-order valence-electron chi connectivity index (χ4n) is 3.08. The number of nitrogens with zero attached hydrogens (tertiary/aromatic N) is 3. The lowest BCUT2D eigenvalue weighted by molar-refractivity contribution is -0.119. The third-order valence-corrected chi connectivity index (χ3v) is 5.80. The minimum atomic E-state index is -0.00198. The van der Waals surface area contributed by atoms with Gasteiger partial charge >= 0.3 is 0 Å². The molecule has 3 rings (SSSR count). The van der Waals surface area contributed by atoms with Crippen LogP contribution < -0.4 is 5.32 Å². The van der Waals surface area contributed by atoms with Crippen LogP contribution in [0.15, 0.2) is 53.7 Å². The molecule has 6 heteroatoms. The van der Waals surface area contributed by atoms with E-state index < -0.39 is 0 Å². The Morgan fingerprint density at radius 2 is 1.82 bits per heavy atom. The van der Waals surface area contributed by atoms with Crippen molar-refractivity contribution in [2.24, 2.45) is 7.05 Å². The van der Waals surface area contributed by atoms with Gasteiger partial charge in [-0.1, -0.05) is 72.8 Å². The number of thioether (sulfide) groups is 1. The van der Waals surface area contributed by atoms with Crippen LogP contribution in [0.5, 0.6) is 0 Å². The van der Waals surface area contributed by atoms with E-state index >= 15 is 0 Å². The van der Waals surface area contributed by atoms with E-state index in [0.29, 0.717) is 5.75 Å². The summed E-state index contributed by atoms with van der Waals surface area (Å²) in [6.07, 6.45) is 0.848. The number of benzene rings is 2. The molecule has 0 radical (unpaired) electrons. The van der Waals surface area contributed by atoms with Gasteiger partial charge in [0.25, 0.3) is 0 Å². The molecule has 28 heavy (non-hydrogen) atoms. The summed E-state index contributed by atoms with van der Waals surface area (Å²) in [7, 11) is 1.93. The minimum absolute atomic E-state index is 0.00198. The number of aromatic nitrogens is 3. The largest absolute Gasteiger partial charge is 0.349 e. The normalized spacial score (nSPS) is 12.0. The molecule has 2 aromatic carbocycles. The number of aryl methyl sites for hydroxylation is 2. The highest BCUT2D eigenvalue weighted by Gasteiger charge is 2.16. The molecule has 0 bridgehead atoms. The number of rotatable bonds is 7. The van der Waals surface area contributed by atoms with E-state index in [9.17, 15) is 4.79 Å². The SMILES string of the molecule is CC[C@@H](NC(=O)CSc1nnc(-c2ccccc2C)n1C)c1ccc(C)cc1. The Hall–Kier alpha value is -2.60. The van der Waals surface area contributed by atoms with E-state index in [-0.39, 0.29) is 11.9 Å². The highest BCUT2D eigenvalue weighted by molar-refractivity contribution is 7.99. The van der Waals surface area contributed by atoms with Crippen molar-refractivity contribution in [1.29, 1.82) is 0 Å². The Morgan fingerprint density at radius 3 is 2.50 bits per heavy atom. The van der Waals surface area contributed by atoms with Crippen molar-refractivity contribution >= 4 is 17.7 Å². The molecule has 0 saturated heterocycles. The lowest BCUT2D eigenvalue weighted by Crippen LogP contribution is -2.29. The Kier molecular flexibility index (Phi) is 6.52. The van der Waals surface area contributed by atoms with Crippen LogP contribution in [-0.2, 0) is 11.8 Å². The number of hydrogen-bond donors (Lipinski definition) is 1. The molecule has 0 fully saturated rings. The topological polar surface area (TPSA) is 59.8 Å². The van der Waals surface area contributed by atoms with Crippen LogP contribution in [0, 0.1) is 13.8 Å². The van der Waals surface area contributed by atoms with Crippen molar-refractivity contribution in [3.8, 4) is 11.4 Å². The first-order valence-corrected chi connectivity index (χ1v) is 10.4. The van der Waals surface area contributed by atoms with E-state index in [1.165, 1.54) is 17.3 Å². The minimum Gasteiger partial charge on any atom is -0.349 e. The number of nitrogens with one attached hydrogen (secondary N) is 1. The Morgan fingerprint density at radius 1 is 1.11 bits per heavy atom. The maximum absolute atomic E-state index is 12.5. The zero-order chi connectivity index (χ0) is 20.1. The molecule has 0 aliphatic rings. The van der Waals surface area contributed by atoms with Gasteiger partial charge in [0.05, 0.1) is 11.8 Å². The second-order valence-corrected chi connectivity index (χ2v) is 7.85. The Bertz CT molecular complexity index is 949. The average molecular weight is 395 g/mol. The van der Waals surface area contributed by atoms with Crippen molar-refractivity contribution in [2.75, 3.05) is 5.75 Å². The number of hydrogen-bond acceptors (Lipinski definition) is 4. The summed E-state index contributed by atoms with van der Waals surface area (Å²) in [5.41, 5.74) is 4.55. The second-order valence-electron chi connectivity index (χ2n) is 6.91. The zero-order valence-corrected chi connectivity index (χ0v) is 17.6. The van der Waals surface area contributed by atoms with Gasteiger partial charge in [0.15, 0.2) is 11.0 Å². The van der Waals surface area contributed by atoms with Crippen molar-refractivity contribution in [2.45, 2.75) is 38.4 Å². The van der Waals surface area contributed by atoms with Gasteiger partial charge in [-0.2, -0.15) is 0 Å². The van der Waals surface area contributed by atoms with Gasteiger partial charge in [-0.25, -0.2) is 0 Å². The third-order valence-electron chi connectivity index (χ3n) is 4.78. The molecular formula is C22H26N4OS. The summed E-state index contributed by atoms with van der Waals surface area (Å²) >= 11 is 1.40. The van der Waals surface area contributed by atoms with Gasteiger partial charge in [0, 0.05) is 12.6 Å². The first-order chi connectivity index (χ1) is 13.5. The maximum atomic E-state index is 12.5. The van der Waals surface area contributed by atoms with Crippen LogP contribution in [0.4, 0.5) is 0 Å². The number of amides is 1. The van der Waals surface area contributed by atoms with Crippen molar-refractivity contribution in [1.82, 2.24) is 20.1 Å². The summed E-state index contributed by atoms with van der Waals surface area (Å²) in [6.45, 7) is 6.20. The number of carbonyl (C=O) groups excluding carboxylic acids is 1. The van der Waals surface area contributed by atoms with Gasteiger partial charge < -0.3 is 9.88 Å². The monoisotopic (exact) mass is 394 g/mol. The second kappa shape index (κ2) is 9.06. The fourth-order valence-corrected chi connectivity index (χ4v) is 3.81. The average Bonchev–Trinajstić information content (AvgIpc) is 3.06. The van der Waals surface area contributed by atoms with Gasteiger partial charge in [-0.05, 0) is 31.4 Å². The summed E-state index contributed by atoms with van der Waals surface area (Å²) in [5, 5.41) is 12.4. The molecule has 1 aromatic heterocycles. The van der Waals surface area contributed by atoms with Crippen LogP contribution in [0.25, 0.3) is 11.4 Å². The quantitative estimate of drug-likeness (QED) is 0.601. The lowest BCUT2D eigenvalue weighted by atomic mass is 10.0. The molecule has 0 aliphatic heterocycles. The maximum Gasteiger partial charge on any atom is 0.230 e. The molecule has 0 unspecified atom stereocenters. The van der Waals surface area contributed by atoms with E-state index in [2.05, 4.69) is 66.6 Å². The summed E-state index contributed by atoms with van der Waals surface area (Å²) in [6, 6.07) is 16.4. The molecule has 5 nitrogen and oxygen atoms in total. The molecule has 146 valence electrons. The fraction of sp³-hybridized carbons (Fsp3) is 0.318. The standard InChI is InChI=1S/C22H26N4OS/c1-5-19(17-12-10-15(2)11-13-17)23-20(27)14-28-22-25-24-21(26(22)4)18-9-7-6-8-16(18)3/h6-13,19H,5,14H2,1-4H3,(H,23,27)/t19-/m1/s1. The van der Waals surface area contributed by atoms with Crippen LogP contribution in [0.2, 0.25) is 0 Å². The molecule has 1 N–H and O–H groups in total. The molecule has 1 heterocycles. The predicted molar refractivity (Wildman–Crippen MR) is 114 cm³/mol. The first kappa shape index (κ1) is 20.1. The molecular weight excluding hydrogens is 368 g/mol. The van der Waals surface area contributed by atoms with Crippen LogP contribution in [0.3, 0.4) is 0 Å². The first-order valence-electron chi connectivity index (χ1n) is 9.43. The molecule has 0 spiro atoms. The van der Waals surface area contributed by atoms with E-state index in [0.717, 1.165) is 34.1 Å². The van der Waals surface area contributed by atoms with Crippen LogP contribution in [0.1, 0.15) is 36.1 Å². The van der Waals surface area contributed by atoms with Crippen LogP contribution >= 0.6 is 11.8 Å². The van der Waals surface area contributed by atoms with E-state index in [1.807, 2.05) is 29.8 Å². The van der Waals surface area contributed by atoms with Gasteiger partial charge in [0.1, 0.15) is 0 Å². The lowest BCUT2D eigenvalue weighted by Gasteiger charge is -2.17. The molecule has 3 aromatic rings. The predicted octanol–water partition coefficient (Wildman–Crippen LogP) is 4.46. The highest BCUT2D eigenvalue weighted by atomic mass is 32.2. The van der Waals surface area contributed by atoms with Crippen LogP contribution in [-0.4, -0.2) is 26.4 Å². The van der Waals surface area contributed by atoms with E-state index in [1.54, 1.807) is 0 Å². The zero-order valence-electron chi connectivity index (χ0n) is 16.8. The van der Waals surface area contributed by atoms with Crippen molar-refractivity contribution < 1.29 is 4.79 Å². The van der Waals surface area contributed by atoms with Crippen molar-refractivity contribution in [3.05, 3.63) is 65.2 Å². The van der Waals surface area contributed by atoms with Gasteiger partial charge in [-0.15, -0.1) is 10.2 Å². The molecule has 0 saturated carbocycles. The summed E-state index contributed by atoms with van der Waals surface area (Å²) < 4.78 is 1.94. The number of carbonyl (C=O) groups is 1. The molecule has 0 aliphatic carbocycles. The third kappa shape index (κ3) is 4.62. The smallest absolute Gasteiger partial charge is 0.230 e. The van der Waals surface area contributed by atoms with Gasteiger partial charge in [0.2, 0.25) is 5.91 Å². The molecule has 1 amide bonds.